The average molecular weight is 531 g/mol. The van der Waals surface area contributed by atoms with E-state index in [1.807, 2.05) is 0 Å². The van der Waals surface area contributed by atoms with E-state index in [0.717, 1.165) is 49.7 Å². The number of anilines is 1. The zero-order valence-electron chi connectivity index (χ0n) is 18.4. The lowest BCUT2D eigenvalue weighted by Crippen LogP contribution is -2.18. The van der Waals surface area contributed by atoms with Crippen LogP contribution in [0.4, 0.5) is 32.0 Å². The van der Waals surface area contributed by atoms with Crippen molar-refractivity contribution in [1.82, 2.24) is 4.98 Å². The van der Waals surface area contributed by atoms with Crippen LogP contribution in [0.2, 0.25) is 0 Å². The second-order valence-electron chi connectivity index (χ2n) is 6.84. The number of primary amides is 1. The first-order valence-corrected chi connectivity index (χ1v) is 9.84. The number of carbonyl (C=O) groups excluding carboxylic acids is 2. The van der Waals surface area contributed by atoms with Gasteiger partial charge in [0.2, 0.25) is 0 Å². The molecule has 1 aromatic heterocycles. The fourth-order valence-electron chi connectivity index (χ4n) is 2.91. The van der Waals surface area contributed by atoms with Gasteiger partial charge in [0.1, 0.15) is 22.8 Å². The van der Waals surface area contributed by atoms with Gasteiger partial charge in [-0.2, -0.15) is 8.78 Å². The smallest absolute Gasteiger partial charge is 0.493 e. The fourth-order valence-corrected chi connectivity index (χ4v) is 2.91. The first-order chi connectivity index (χ1) is 17.4. The van der Waals surface area contributed by atoms with E-state index < -0.39 is 53.4 Å². The number of nitrogens with zero attached hydrogens (tertiary/aromatic N) is 1. The summed E-state index contributed by atoms with van der Waals surface area (Å²) < 4.78 is 96.4. The molecule has 0 radical (unpaired) electrons. The number of nitrogens with two attached hydrogens (primary N) is 1. The van der Waals surface area contributed by atoms with E-state index in [-0.39, 0.29) is 22.9 Å². The van der Waals surface area contributed by atoms with Crippen molar-refractivity contribution in [2.75, 3.05) is 12.4 Å². The number of carbonyl (C=O) groups is 2. The third-order valence-electron chi connectivity index (χ3n) is 4.37. The van der Waals surface area contributed by atoms with Crippen molar-refractivity contribution in [3.05, 3.63) is 65.7 Å². The van der Waals surface area contributed by atoms with Gasteiger partial charge in [0.25, 0.3) is 11.8 Å². The Hall–Kier alpha value is -4.69. The SMILES string of the molecule is COc1cc(OC(F)(F)F)ccc1Oc1ccc(OC(F)F)c(F)c1C(=O)Nc1ccnc(C(N)=O)c1. The number of pyridine rings is 1. The van der Waals surface area contributed by atoms with Gasteiger partial charge >= 0.3 is 13.0 Å². The minimum Gasteiger partial charge on any atom is -0.493 e. The molecule has 3 aromatic rings. The zero-order chi connectivity index (χ0) is 27.3. The van der Waals surface area contributed by atoms with Crippen molar-refractivity contribution in [1.29, 1.82) is 0 Å². The minimum absolute atomic E-state index is 0.0643. The Morgan fingerprint density at radius 1 is 1.00 bits per heavy atom. The lowest BCUT2D eigenvalue weighted by Gasteiger charge is -2.17. The summed E-state index contributed by atoms with van der Waals surface area (Å²) in [6.45, 7) is -3.43. The molecule has 9 nitrogen and oxygen atoms in total. The molecule has 2 aromatic carbocycles. The zero-order valence-corrected chi connectivity index (χ0v) is 18.4. The third-order valence-corrected chi connectivity index (χ3v) is 4.37. The van der Waals surface area contributed by atoms with Crippen LogP contribution in [-0.2, 0) is 0 Å². The van der Waals surface area contributed by atoms with Crippen molar-refractivity contribution >= 4 is 17.5 Å². The number of amides is 2. The maximum Gasteiger partial charge on any atom is 0.573 e. The maximum absolute atomic E-state index is 15.1. The molecule has 0 saturated carbocycles. The van der Waals surface area contributed by atoms with Crippen LogP contribution in [0.15, 0.2) is 48.7 Å². The van der Waals surface area contributed by atoms with E-state index in [9.17, 15) is 31.5 Å². The number of nitrogens with one attached hydrogen (secondary N) is 1. The minimum atomic E-state index is -5.00. The number of rotatable bonds is 9. The number of methoxy groups -OCH3 is 1. The van der Waals surface area contributed by atoms with Crippen LogP contribution < -0.4 is 30.0 Å². The standard InChI is InChI=1S/C22H15F6N3O6/c1-34-16-9-11(37-22(26,27)28)2-3-13(16)35-14-4-5-15(36-21(24)25)18(23)17(14)20(33)31-10-6-7-30-12(8-10)19(29)32/h2-9,21H,1H3,(H2,29,32)(H,30,31,33). The second-order valence-corrected chi connectivity index (χ2v) is 6.84. The normalized spacial score (nSPS) is 11.1. The summed E-state index contributed by atoms with van der Waals surface area (Å²) in [7, 11) is 1.09. The van der Waals surface area contributed by atoms with Gasteiger partial charge < -0.3 is 30.0 Å². The van der Waals surface area contributed by atoms with Crippen LogP contribution in [0.25, 0.3) is 0 Å². The molecule has 0 unspecified atom stereocenters. The fraction of sp³-hybridized carbons (Fsp3) is 0.136. The number of ether oxygens (including phenoxy) is 4. The molecule has 3 N–H and O–H groups in total. The largest absolute Gasteiger partial charge is 0.573 e. The number of halogens is 6. The van der Waals surface area contributed by atoms with E-state index >= 15 is 4.39 Å². The molecule has 0 saturated heterocycles. The van der Waals surface area contributed by atoms with Crippen molar-refractivity contribution in [2.45, 2.75) is 13.0 Å². The van der Waals surface area contributed by atoms with Crippen LogP contribution >= 0.6 is 0 Å². The van der Waals surface area contributed by atoms with E-state index in [1.165, 1.54) is 6.07 Å². The summed E-state index contributed by atoms with van der Waals surface area (Å²) in [5, 5.41) is 2.24. The van der Waals surface area contributed by atoms with Crippen molar-refractivity contribution in [3.63, 3.8) is 0 Å². The van der Waals surface area contributed by atoms with Crippen LogP contribution in [0, 0.1) is 5.82 Å². The van der Waals surface area contributed by atoms with Gasteiger partial charge in [-0.15, -0.1) is 13.2 Å². The van der Waals surface area contributed by atoms with E-state index in [2.05, 4.69) is 19.8 Å². The molecule has 0 aliphatic rings. The molecule has 1 heterocycles. The summed E-state index contributed by atoms with van der Waals surface area (Å²) in [6.07, 6.45) is -3.88. The third kappa shape index (κ3) is 6.93. The molecular formula is C22H15F6N3O6. The molecule has 0 spiro atoms. The molecule has 0 atom stereocenters. The Bertz CT molecular complexity index is 1320. The topological polar surface area (TPSA) is 122 Å². The molecule has 0 aliphatic carbocycles. The van der Waals surface area contributed by atoms with Crippen LogP contribution in [0.5, 0.6) is 28.7 Å². The summed E-state index contributed by atoms with van der Waals surface area (Å²) >= 11 is 0. The van der Waals surface area contributed by atoms with Gasteiger partial charge in [0, 0.05) is 18.0 Å². The Labute approximate surface area is 203 Å². The first-order valence-electron chi connectivity index (χ1n) is 9.84. The monoisotopic (exact) mass is 531 g/mol. The lowest BCUT2D eigenvalue weighted by molar-refractivity contribution is -0.274. The predicted molar refractivity (Wildman–Crippen MR) is 113 cm³/mol. The molecule has 0 aliphatic heterocycles. The molecule has 3 rings (SSSR count). The summed E-state index contributed by atoms with van der Waals surface area (Å²) in [6, 6.07) is 6.61. The predicted octanol–water partition coefficient (Wildman–Crippen LogP) is 4.87. The number of alkyl halides is 5. The summed E-state index contributed by atoms with van der Waals surface area (Å²) in [5.74, 6) is -6.51. The maximum atomic E-state index is 15.1. The number of benzene rings is 2. The van der Waals surface area contributed by atoms with Gasteiger partial charge in [0.05, 0.1) is 7.11 Å². The number of hydrogen-bond donors (Lipinski definition) is 2. The van der Waals surface area contributed by atoms with Gasteiger partial charge in [-0.3, -0.25) is 14.6 Å². The van der Waals surface area contributed by atoms with Gasteiger partial charge in [-0.05, 0) is 36.4 Å². The number of aromatic nitrogens is 1. The van der Waals surface area contributed by atoms with Crippen molar-refractivity contribution in [3.8, 4) is 28.7 Å². The van der Waals surface area contributed by atoms with Crippen molar-refractivity contribution < 1.29 is 54.9 Å². The highest BCUT2D eigenvalue weighted by molar-refractivity contribution is 6.07. The van der Waals surface area contributed by atoms with Crippen molar-refractivity contribution in [2.24, 2.45) is 5.73 Å². The molecule has 0 bridgehead atoms. The molecule has 0 fully saturated rings. The Morgan fingerprint density at radius 3 is 2.30 bits per heavy atom. The Balaban J connectivity index is 2.02. The van der Waals surface area contributed by atoms with Crippen LogP contribution in [0.3, 0.4) is 0 Å². The number of hydrogen-bond acceptors (Lipinski definition) is 7. The first kappa shape index (κ1) is 26.9. The van der Waals surface area contributed by atoms with Gasteiger partial charge in [0.15, 0.2) is 23.1 Å². The van der Waals surface area contributed by atoms with Crippen LogP contribution in [0.1, 0.15) is 20.8 Å². The highest BCUT2D eigenvalue weighted by Gasteiger charge is 2.32. The van der Waals surface area contributed by atoms with E-state index in [1.54, 1.807) is 0 Å². The second kappa shape index (κ2) is 10.9. The molecular weight excluding hydrogens is 516 g/mol. The van der Waals surface area contributed by atoms with E-state index in [0.29, 0.717) is 0 Å². The average Bonchev–Trinajstić information content (AvgIpc) is 2.80. The Morgan fingerprint density at radius 2 is 1.68 bits per heavy atom. The molecule has 196 valence electrons. The highest BCUT2D eigenvalue weighted by Crippen LogP contribution is 2.39. The molecule has 37 heavy (non-hydrogen) atoms. The van der Waals surface area contributed by atoms with E-state index in [4.69, 9.17) is 15.2 Å². The van der Waals surface area contributed by atoms with Gasteiger partial charge in [-0.1, -0.05) is 0 Å². The van der Waals surface area contributed by atoms with Crippen LogP contribution in [-0.4, -0.2) is 36.9 Å². The molecule has 15 heteroatoms. The quantitative estimate of drug-likeness (QED) is 0.378. The summed E-state index contributed by atoms with van der Waals surface area (Å²) in [4.78, 5) is 28.0. The molecule has 2 amide bonds. The van der Waals surface area contributed by atoms with Gasteiger partial charge in [-0.25, -0.2) is 4.39 Å². The lowest BCUT2D eigenvalue weighted by atomic mass is 10.1. The summed E-state index contributed by atoms with van der Waals surface area (Å²) in [5.41, 5.74) is 3.90. The Kier molecular flexibility index (Phi) is 7.95. The highest BCUT2D eigenvalue weighted by atomic mass is 19.4.